The first kappa shape index (κ1) is 21.7. The predicted molar refractivity (Wildman–Crippen MR) is 112 cm³/mol. The van der Waals surface area contributed by atoms with Crippen molar-refractivity contribution in [3.8, 4) is 5.75 Å². The lowest BCUT2D eigenvalue weighted by Crippen LogP contribution is -2.19. The van der Waals surface area contributed by atoms with Crippen molar-refractivity contribution in [3.63, 3.8) is 0 Å². The van der Waals surface area contributed by atoms with Gasteiger partial charge < -0.3 is 15.0 Å². The van der Waals surface area contributed by atoms with E-state index in [1.165, 1.54) is 11.9 Å². The third-order valence-corrected chi connectivity index (χ3v) is 4.34. The standard InChI is InChI=1S/C21H20ClF3N4O/c1-13(2)30-17-10-8-16(9-11-17)29(3)19-18(21(23,24)25)12-26-20(28-19)27-15-6-4-14(22)5-7-15/h4-13H,1-3H3,(H,26,27,28). The molecule has 1 aromatic heterocycles. The zero-order valence-electron chi connectivity index (χ0n) is 16.5. The van der Waals surface area contributed by atoms with Crippen LogP contribution in [0.5, 0.6) is 5.75 Å². The molecule has 30 heavy (non-hydrogen) atoms. The molecule has 3 rings (SSSR count). The molecule has 1 heterocycles. The number of nitrogens with zero attached hydrogens (tertiary/aromatic N) is 3. The maximum atomic E-state index is 13.6. The van der Waals surface area contributed by atoms with Gasteiger partial charge in [-0.3, -0.25) is 0 Å². The fourth-order valence-corrected chi connectivity index (χ4v) is 2.82. The Balaban J connectivity index is 1.94. The van der Waals surface area contributed by atoms with Crippen molar-refractivity contribution in [2.45, 2.75) is 26.1 Å². The van der Waals surface area contributed by atoms with Crippen LogP contribution in [-0.4, -0.2) is 23.1 Å². The Morgan fingerprint density at radius 1 is 1.03 bits per heavy atom. The summed E-state index contributed by atoms with van der Waals surface area (Å²) in [5, 5.41) is 3.43. The predicted octanol–water partition coefficient (Wildman–Crippen LogP) is 6.45. The number of halogens is 4. The molecule has 158 valence electrons. The molecule has 0 fully saturated rings. The summed E-state index contributed by atoms with van der Waals surface area (Å²) in [4.78, 5) is 9.31. The number of hydrogen-bond acceptors (Lipinski definition) is 5. The van der Waals surface area contributed by atoms with Gasteiger partial charge in [0.2, 0.25) is 5.95 Å². The number of rotatable bonds is 6. The summed E-state index contributed by atoms with van der Waals surface area (Å²) in [6, 6.07) is 13.4. The van der Waals surface area contributed by atoms with Crippen molar-refractivity contribution in [1.29, 1.82) is 0 Å². The van der Waals surface area contributed by atoms with E-state index in [1.807, 2.05) is 13.8 Å². The molecule has 0 saturated heterocycles. The molecule has 3 aromatic rings. The van der Waals surface area contributed by atoms with E-state index in [0.29, 0.717) is 22.1 Å². The van der Waals surface area contributed by atoms with Gasteiger partial charge in [-0.25, -0.2) is 4.98 Å². The summed E-state index contributed by atoms with van der Waals surface area (Å²) in [6.07, 6.45) is -3.84. The van der Waals surface area contributed by atoms with Crippen LogP contribution in [0.1, 0.15) is 19.4 Å². The normalized spacial score (nSPS) is 11.5. The maximum absolute atomic E-state index is 13.6. The van der Waals surface area contributed by atoms with E-state index < -0.39 is 11.7 Å². The summed E-state index contributed by atoms with van der Waals surface area (Å²) in [5.41, 5.74) is 0.185. The van der Waals surface area contributed by atoms with Gasteiger partial charge in [-0.15, -0.1) is 0 Å². The van der Waals surface area contributed by atoms with Crippen molar-refractivity contribution < 1.29 is 17.9 Å². The SMILES string of the molecule is CC(C)Oc1ccc(N(C)c2nc(Nc3ccc(Cl)cc3)ncc2C(F)(F)F)cc1. The molecule has 0 spiro atoms. The molecular weight excluding hydrogens is 417 g/mol. The number of benzene rings is 2. The molecule has 0 aliphatic rings. The Morgan fingerprint density at radius 2 is 1.67 bits per heavy atom. The van der Waals surface area contributed by atoms with Gasteiger partial charge in [0.15, 0.2) is 5.82 Å². The van der Waals surface area contributed by atoms with Crippen LogP contribution < -0.4 is 15.0 Å². The first-order valence-corrected chi connectivity index (χ1v) is 9.48. The molecule has 0 saturated carbocycles. The highest BCUT2D eigenvalue weighted by Gasteiger charge is 2.36. The summed E-state index contributed by atoms with van der Waals surface area (Å²) in [6.45, 7) is 3.79. The highest BCUT2D eigenvalue weighted by molar-refractivity contribution is 6.30. The third-order valence-electron chi connectivity index (χ3n) is 4.09. The van der Waals surface area contributed by atoms with Crippen LogP contribution >= 0.6 is 11.6 Å². The molecule has 0 aliphatic carbocycles. The van der Waals surface area contributed by atoms with Crippen molar-refractivity contribution in [2.24, 2.45) is 0 Å². The van der Waals surface area contributed by atoms with Gasteiger partial charge in [-0.2, -0.15) is 18.2 Å². The van der Waals surface area contributed by atoms with Crippen molar-refractivity contribution in [2.75, 3.05) is 17.3 Å². The molecule has 0 radical (unpaired) electrons. The van der Waals surface area contributed by atoms with E-state index in [9.17, 15) is 13.2 Å². The van der Waals surface area contributed by atoms with Crippen LogP contribution in [0.4, 0.5) is 36.3 Å². The van der Waals surface area contributed by atoms with E-state index in [0.717, 1.165) is 6.20 Å². The summed E-state index contributed by atoms with van der Waals surface area (Å²) in [7, 11) is 1.52. The van der Waals surface area contributed by atoms with E-state index >= 15 is 0 Å². The molecule has 0 unspecified atom stereocenters. The van der Waals surface area contributed by atoms with Gasteiger partial charge in [0.1, 0.15) is 11.3 Å². The lowest BCUT2D eigenvalue weighted by atomic mass is 10.2. The molecule has 2 aromatic carbocycles. The minimum Gasteiger partial charge on any atom is -0.491 e. The van der Waals surface area contributed by atoms with Crippen molar-refractivity contribution in [3.05, 3.63) is 65.3 Å². The Bertz CT molecular complexity index is 993. The zero-order valence-corrected chi connectivity index (χ0v) is 17.3. The highest BCUT2D eigenvalue weighted by Crippen LogP contribution is 2.38. The minimum atomic E-state index is -4.61. The number of nitrogens with one attached hydrogen (secondary N) is 1. The monoisotopic (exact) mass is 436 g/mol. The topological polar surface area (TPSA) is 50.3 Å². The second-order valence-corrected chi connectivity index (χ2v) is 7.22. The quantitative estimate of drug-likeness (QED) is 0.481. The fraction of sp³-hybridized carbons (Fsp3) is 0.238. The van der Waals surface area contributed by atoms with Crippen molar-refractivity contribution >= 4 is 34.7 Å². The third kappa shape index (κ3) is 5.33. The van der Waals surface area contributed by atoms with Crippen LogP contribution in [-0.2, 0) is 6.18 Å². The van der Waals surface area contributed by atoms with Gasteiger partial charge in [-0.1, -0.05) is 11.6 Å². The molecule has 0 atom stereocenters. The number of aromatic nitrogens is 2. The van der Waals surface area contributed by atoms with Crippen LogP contribution in [0.15, 0.2) is 54.7 Å². The fourth-order valence-electron chi connectivity index (χ4n) is 2.69. The number of ether oxygens (including phenoxy) is 1. The van der Waals surface area contributed by atoms with Crippen molar-refractivity contribution in [1.82, 2.24) is 9.97 Å². The first-order valence-electron chi connectivity index (χ1n) is 9.11. The molecule has 9 heteroatoms. The molecule has 5 nitrogen and oxygen atoms in total. The Morgan fingerprint density at radius 3 is 2.23 bits per heavy atom. The first-order chi connectivity index (χ1) is 14.1. The second kappa shape index (κ2) is 8.79. The van der Waals surface area contributed by atoms with Crippen LogP contribution in [0.25, 0.3) is 0 Å². The number of alkyl halides is 3. The molecule has 0 amide bonds. The van der Waals surface area contributed by atoms with E-state index in [-0.39, 0.29) is 17.9 Å². The molecule has 0 bridgehead atoms. The maximum Gasteiger partial charge on any atom is 0.421 e. The number of anilines is 4. The lowest BCUT2D eigenvalue weighted by Gasteiger charge is -2.23. The van der Waals surface area contributed by atoms with Crippen LogP contribution in [0, 0.1) is 0 Å². The Kier molecular flexibility index (Phi) is 6.36. The average Bonchev–Trinajstić information content (AvgIpc) is 2.68. The smallest absolute Gasteiger partial charge is 0.421 e. The van der Waals surface area contributed by atoms with E-state index in [4.69, 9.17) is 16.3 Å². The lowest BCUT2D eigenvalue weighted by molar-refractivity contribution is -0.137. The van der Waals surface area contributed by atoms with Gasteiger partial charge >= 0.3 is 6.18 Å². The van der Waals surface area contributed by atoms with Gasteiger partial charge in [-0.05, 0) is 62.4 Å². The molecule has 1 N–H and O–H groups in total. The highest BCUT2D eigenvalue weighted by atomic mass is 35.5. The van der Waals surface area contributed by atoms with E-state index in [2.05, 4.69) is 15.3 Å². The van der Waals surface area contributed by atoms with Gasteiger partial charge in [0.05, 0.1) is 6.10 Å². The van der Waals surface area contributed by atoms with Gasteiger partial charge in [0.25, 0.3) is 0 Å². The largest absolute Gasteiger partial charge is 0.491 e. The second-order valence-electron chi connectivity index (χ2n) is 6.78. The zero-order chi connectivity index (χ0) is 21.9. The number of hydrogen-bond donors (Lipinski definition) is 1. The van der Waals surface area contributed by atoms with Gasteiger partial charge in [0, 0.05) is 29.6 Å². The summed E-state index contributed by atoms with van der Waals surface area (Å²) in [5.74, 6) is 0.393. The van der Waals surface area contributed by atoms with E-state index in [1.54, 1.807) is 48.5 Å². The van der Waals surface area contributed by atoms with Crippen LogP contribution in [0.3, 0.4) is 0 Å². The summed E-state index contributed by atoms with van der Waals surface area (Å²) >= 11 is 5.86. The molecule has 0 aliphatic heterocycles. The Hall–Kier alpha value is -3.00. The van der Waals surface area contributed by atoms with Crippen LogP contribution in [0.2, 0.25) is 5.02 Å². The Labute approximate surface area is 177 Å². The molecular formula is C21H20ClF3N4O. The minimum absolute atomic E-state index is 0.00576. The summed E-state index contributed by atoms with van der Waals surface area (Å²) < 4.78 is 46.3. The average molecular weight is 437 g/mol.